The fourth-order valence-electron chi connectivity index (χ4n) is 1.49. The molecule has 0 radical (unpaired) electrons. The van der Waals surface area contributed by atoms with Crippen LogP contribution in [0.3, 0.4) is 0 Å². The molecule has 1 rings (SSSR count). The summed E-state index contributed by atoms with van der Waals surface area (Å²) in [6, 6.07) is 5.07. The van der Waals surface area contributed by atoms with E-state index in [4.69, 9.17) is 4.74 Å². The average Bonchev–Trinajstić information content (AvgIpc) is 2.23. The summed E-state index contributed by atoms with van der Waals surface area (Å²) in [5, 5.41) is 0. The number of rotatable bonds is 6. The van der Waals surface area contributed by atoms with Crippen LogP contribution in [0.15, 0.2) is 24.3 Å². The van der Waals surface area contributed by atoms with Crippen LogP contribution in [-0.2, 0) is 0 Å². The molecule has 0 saturated heterocycles. The van der Waals surface area contributed by atoms with E-state index < -0.39 is 12.4 Å². The van der Waals surface area contributed by atoms with Gasteiger partial charge < -0.3 is 17.7 Å². The third-order valence-electron chi connectivity index (χ3n) is 2.43. The molecular formula is C12H17BF3KO. The quantitative estimate of drug-likeness (QED) is 0.548. The van der Waals surface area contributed by atoms with E-state index in [2.05, 4.69) is 13.8 Å². The molecule has 0 atom stereocenters. The molecule has 1 aromatic rings. The van der Waals surface area contributed by atoms with Crippen LogP contribution in [-0.4, -0.2) is 13.6 Å². The summed E-state index contributed by atoms with van der Waals surface area (Å²) in [5.74, 6) is 0.883. The van der Waals surface area contributed by atoms with Crippen molar-refractivity contribution in [3.05, 3.63) is 24.3 Å². The predicted molar refractivity (Wildman–Crippen MR) is 64.7 cm³/mol. The molecule has 0 fully saturated rings. The maximum atomic E-state index is 12.5. The van der Waals surface area contributed by atoms with Gasteiger partial charge in [0.15, 0.2) is 0 Å². The molecule has 0 aliphatic carbocycles. The van der Waals surface area contributed by atoms with E-state index in [9.17, 15) is 12.9 Å². The molecule has 0 N–H and O–H groups in total. The van der Waals surface area contributed by atoms with Crippen molar-refractivity contribution in [2.45, 2.75) is 26.7 Å². The molecule has 0 saturated carbocycles. The van der Waals surface area contributed by atoms with Crippen LogP contribution in [0.25, 0.3) is 0 Å². The van der Waals surface area contributed by atoms with Crippen molar-refractivity contribution in [1.29, 1.82) is 0 Å². The van der Waals surface area contributed by atoms with E-state index in [1.807, 2.05) is 0 Å². The maximum Gasteiger partial charge on any atom is 1.00 e. The second kappa shape index (κ2) is 8.64. The Morgan fingerprint density at radius 3 is 2.44 bits per heavy atom. The molecule has 0 heterocycles. The van der Waals surface area contributed by atoms with E-state index in [-0.39, 0.29) is 51.4 Å². The minimum atomic E-state index is -4.94. The molecule has 0 amide bonds. The van der Waals surface area contributed by atoms with Crippen LogP contribution in [0, 0.1) is 5.92 Å². The first-order valence-electron chi connectivity index (χ1n) is 5.82. The minimum Gasteiger partial charge on any atom is -0.494 e. The van der Waals surface area contributed by atoms with Crippen molar-refractivity contribution in [3.63, 3.8) is 0 Å². The Bertz CT molecular complexity index is 355. The van der Waals surface area contributed by atoms with Gasteiger partial charge in [0.25, 0.3) is 0 Å². The van der Waals surface area contributed by atoms with Crippen LogP contribution in [0.2, 0.25) is 0 Å². The van der Waals surface area contributed by atoms with Crippen molar-refractivity contribution in [2.24, 2.45) is 5.92 Å². The predicted octanol–water partition coefficient (Wildman–Crippen LogP) is 0.560. The van der Waals surface area contributed by atoms with E-state index in [0.29, 0.717) is 18.3 Å². The molecule has 0 spiro atoms. The standard InChI is InChI=1S/C12H17BF3O.K/c1-10(2)5-4-8-17-12-7-3-6-11(9-12)13(14,15)16;/h3,6-7,9-10H,4-5,8H2,1-2H3;/q-1;+1. The minimum absolute atomic E-state index is 0. The van der Waals surface area contributed by atoms with Crippen molar-refractivity contribution in [2.75, 3.05) is 6.61 Å². The summed E-state index contributed by atoms with van der Waals surface area (Å²) < 4.78 is 42.7. The number of hydrogen-bond donors (Lipinski definition) is 0. The van der Waals surface area contributed by atoms with Gasteiger partial charge in [0.05, 0.1) is 6.61 Å². The monoisotopic (exact) mass is 284 g/mol. The van der Waals surface area contributed by atoms with Gasteiger partial charge >= 0.3 is 58.4 Å². The molecule has 0 bridgehead atoms. The summed E-state index contributed by atoms with van der Waals surface area (Å²) in [6.45, 7) is -0.266. The second-order valence-electron chi connectivity index (χ2n) is 4.53. The van der Waals surface area contributed by atoms with Crippen molar-refractivity contribution < 1.29 is 69.1 Å². The number of hydrogen-bond acceptors (Lipinski definition) is 1. The first kappa shape index (κ1) is 18.5. The average molecular weight is 284 g/mol. The largest absolute Gasteiger partial charge is 1.00 e. The van der Waals surface area contributed by atoms with Crippen LogP contribution in [0.5, 0.6) is 5.75 Å². The number of halogens is 3. The molecular weight excluding hydrogens is 267 g/mol. The summed E-state index contributed by atoms with van der Waals surface area (Å²) in [6.07, 6.45) is 1.88. The van der Waals surface area contributed by atoms with Gasteiger partial charge in [-0.25, -0.2) is 0 Å². The van der Waals surface area contributed by atoms with Crippen molar-refractivity contribution in [3.8, 4) is 5.75 Å². The van der Waals surface area contributed by atoms with Gasteiger partial charge in [-0.1, -0.05) is 26.0 Å². The molecule has 1 nitrogen and oxygen atoms in total. The summed E-state index contributed by atoms with van der Waals surface area (Å²) in [4.78, 5) is 0. The second-order valence-corrected chi connectivity index (χ2v) is 4.53. The summed E-state index contributed by atoms with van der Waals surface area (Å²) >= 11 is 0. The van der Waals surface area contributed by atoms with Crippen LogP contribution in [0.4, 0.5) is 12.9 Å². The SMILES string of the molecule is CC(C)CCCOc1cccc([B-](F)(F)F)c1.[K+]. The fourth-order valence-corrected chi connectivity index (χ4v) is 1.49. The van der Waals surface area contributed by atoms with Crippen LogP contribution < -0.4 is 61.6 Å². The smallest absolute Gasteiger partial charge is 0.494 e. The first-order valence-corrected chi connectivity index (χ1v) is 5.82. The van der Waals surface area contributed by atoms with Crippen LogP contribution >= 0.6 is 0 Å². The van der Waals surface area contributed by atoms with E-state index in [1.54, 1.807) is 6.07 Å². The molecule has 0 unspecified atom stereocenters. The normalized spacial score (nSPS) is 11.2. The van der Waals surface area contributed by atoms with E-state index >= 15 is 0 Å². The summed E-state index contributed by atoms with van der Waals surface area (Å²) in [7, 11) is 0. The van der Waals surface area contributed by atoms with Gasteiger partial charge in [0, 0.05) is 0 Å². The third-order valence-corrected chi connectivity index (χ3v) is 2.43. The number of benzene rings is 1. The van der Waals surface area contributed by atoms with E-state index in [0.717, 1.165) is 25.0 Å². The van der Waals surface area contributed by atoms with Gasteiger partial charge in [-0.2, -0.15) is 0 Å². The first-order chi connectivity index (χ1) is 7.89. The van der Waals surface area contributed by atoms with Crippen molar-refractivity contribution >= 4 is 12.4 Å². The van der Waals surface area contributed by atoms with Gasteiger partial charge in [-0.15, -0.1) is 5.46 Å². The molecule has 0 aliphatic rings. The van der Waals surface area contributed by atoms with Crippen LogP contribution in [0.1, 0.15) is 26.7 Å². The Labute approximate surface area is 149 Å². The van der Waals surface area contributed by atoms with Gasteiger partial charge in [-0.05, 0) is 30.9 Å². The Balaban J connectivity index is 0.00000289. The zero-order chi connectivity index (χ0) is 12.9. The molecule has 18 heavy (non-hydrogen) atoms. The zero-order valence-corrected chi connectivity index (χ0v) is 14.3. The van der Waals surface area contributed by atoms with Gasteiger partial charge in [0.1, 0.15) is 5.75 Å². The maximum absolute atomic E-state index is 12.5. The topological polar surface area (TPSA) is 9.23 Å². The van der Waals surface area contributed by atoms with E-state index in [1.165, 1.54) is 6.07 Å². The number of ether oxygens (including phenoxy) is 1. The molecule has 96 valence electrons. The molecule has 0 aliphatic heterocycles. The van der Waals surface area contributed by atoms with Crippen molar-refractivity contribution in [1.82, 2.24) is 0 Å². The Morgan fingerprint density at radius 1 is 1.22 bits per heavy atom. The zero-order valence-electron chi connectivity index (χ0n) is 11.1. The molecule has 6 heteroatoms. The fraction of sp³-hybridized carbons (Fsp3) is 0.500. The molecule has 1 aromatic carbocycles. The van der Waals surface area contributed by atoms with Gasteiger partial charge in [-0.3, -0.25) is 0 Å². The summed E-state index contributed by atoms with van der Waals surface area (Å²) in [5.41, 5.74) is -0.605. The third kappa shape index (κ3) is 7.19. The van der Waals surface area contributed by atoms with Gasteiger partial charge in [0.2, 0.25) is 0 Å². The Hall–Kier alpha value is 0.511. The molecule has 0 aromatic heterocycles. The Morgan fingerprint density at radius 2 is 1.89 bits per heavy atom. The Kier molecular flexibility index (Phi) is 8.88.